The Kier molecular flexibility index (Phi) is 5.73. The van der Waals surface area contributed by atoms with Crippen LogP contribution < -0.4 is 0 Å². The zero-order valence-electron chi connectivity index (χ0n) is 10.5. The molecular weight excluding hydrogens is 242 g/mol. The van der Waals surface area contributed by atoms with Gasteiger partial charge in [0.15, 0.2) is 6.29 Å². The van der Waals surface area contributed by atoms with Crippen molar-refractivity contribution >= 4 is 17.8 Å². The fraction of sp³-hybridized carbons (Fsp3) is 0.727. The Bertz CT molecular complexity index is 309. The summed E-state index contributed by atoms with van der Waals surface area (Å²) in [5.74, 6) is -1.55. The van der Waals surface area contributed by atoms with Crippen LogP contribution in [0.1, 0.15) is 32.1 Å². The summed E-state index contributed by atoms with van der Waals surface area (Å²) in [4.78, 5) is 38.5. The van der Waals surface area contributed by atoms with Gasteiger partial charge >= 0.3 is 5.97 Å². The van der Waals surface area contributed by atoms with E-state index in [2.05, 4.69) is 0 Å². The molecule has 1 aliphatic heterocycles. The quantitative estimate of drug-likeness (QED) is 0.485. The highest BCUT2D eigenvalue weighted by molar-refractivity contribution is 6.01. The van der Waals surface area contributed by atoms with Crippen LogP contribution in [0.15, 0.2) is 0 Å². The van der Waals surface area contributed by atoms with Crippen LogP contribution >= 0.6 is 0 Å². The Hall–Kier alpha value is -1.47. The molecule has 2 amide bonds. The summed E-state index contributed by atoms with van der Waals surface area (Å²) in [5, 5.41) is 0.548. The van der Waals surface area contributed by atoms with Crippen LogP contribution in [0.3, 0.4) is 0 Å². The summed E-state index contributed by atoms with van der Waals surface area (Å²) in [6, 6.07) is 0. The van der Waals surface area contributed by atoms with Crippen molar-refractivity contribution in [2.45, 2.75) is 38.4 Å². The Morgan fingerprint density at radius 1 is 1.22 bits per heavy atom. The molecular formula is C11H17NO6. The zero-order valence-corrected chi connectivity index (χ0v) is 10.5. The third kappa shape index (κ3) is 4.08. The molecule has 7 heteroatoms. The van der Waals surface area contributed by atoms with E-state index in [0.717, 1.165) is 0 Å². The van der Waals surface area contributed by atoms with Crippen LogP contribution in [-0.4, -0.2) is 43.4 Å². The van der Waals surface area contributed by atoms with E-state index in [9.17, 15) is 14.4 Å². The maximum Gasteiger partial charge on any atom is 0.333 e. The predicted octanol–water partition coefficient (Wildman–Crippen LogP) is 0.383. The van der Waals surface area contributed by atoms with Gasteiger partial charge in [0.2, 0.25) is 0 Å². The van der Waals surface area contributed by atoms with Crippen molar-refractivity contribution in [2.75, 3.05) is 14.2 Å². The van der Waals surface area contributed by atoms with Gasteiger partial charge in [-0.25, -0.2) is 4.79 Å². The number of hydroxylamine groups is 2. The first kappa shape index (κ1) is 14.6. The summed E-state index contributed by atoms with van der Waals surface area (Å²) in [6.45, 7) is 0. The number of rotatable bonds is 7. The Morgan fingerprint density at radius 2 is 1.78 bits per heavy atom. The van der Waals surface area contributed by atoms with Crippen molar-refractivity contribution in [3.63, 3.8) is 0 Å². The van der Waals surface area contributed by atoms with Gasteiger partial charge in [-0.3, -0.25) is 9.59 Å². The van der Waals surface area contributed by atoms with E-state index in [1.54, 1.807) is 0 Å². The first-order chi connectivity index (χ1) is 8.58. The van der Waals surface area contributed by atoms with Crippen LogP contribution in [0.25, 0.3) is 0 Å². The molecule has 0 spiro atoms. The minimum absolute atomic E-state index is 0.0975. The Morgan fingerprint density at radius 3 is 2.28 bits per heavy atom. The Balaban J connectivity index is 2.25. The highest BCUT2D eigenvalue weighted by Gasteiger charge is 2.32. The minimum Gasteiger partial charge on any atom is -0.356 e. The molecule has 18 heavy (non-hydrogen) atoms. The number of hydrogen-bond acceptors (Lipinski definition) is 6. The van der Waals surface area contributed by atoms with E-state index in [1.165, 1.54) is 14.2 Å². The second-order valence-electron chi connectivity index (χ2n) is 3.84. The molecule has 102 valence electrons. The van der Waals surface area contributed by atoms with Crippen LogP contribution in [0.2, 0.25) is 0 Å². The molecule has 7 nitrogen and oxygen atoms in total. The average molecular weight is 259 g/mol. The third-order valence-electron chi connectivity index (χ3n) is 2.55. The van der Waals surface area contributed by atoms with Gasteiger partial charge in [0.25, 0.3) is 11.8 Å². The van der Waals surface area contributed by atoms with Gasteiger partial charge in [-0.05, 0) is 12.8 Å². The highest BCUT2D eigenvalue weighted by atomic mass is 16.7. The molecule has 0 aromatic carbocycles. The molecule has 0 radical (unpaired) electrons. The molecule has 1 aliphatic rings. The van der Waals surface area contributed by atoms with Gasteiger partial charge < -0.3 is 14.3 Å². The molecule has 0 unspecified atom stereocenters. The molecule has 1 fully saturated rings. The van der Waals surface area contributed by atoms with Crippen molar-refractivity contribution in [1.29, 1.82) is 0 Å². The Labute approximate surface area is 105 Å². The summed E-state index contributed by atoms with van der Waals surface area (Å²) < 4.78 is 9.91. The number of carbonyl (C=O) groups is 3. The van der Waals surface area contributed by atoms with Crippen molar-refractivity contribution in [2.24, 2.45) is 0 Å². The molecule has 1 saturated heterocycles. The monoisotopic (exact) mass is 259 g/mol. The molecule has 0 aliphatic carbocycles. The SMILES string of the molecule is COC(CCCC(=O)ON1C(=O)CCC1=O)OC. The maximum atomic E-state index is 11.4. The molecule has 0 aromatic rings. The number of amides is 2. The number of imide groups is 1. The van der Waals surface area contributed by atoms with Crippen LogP contribution in [0, 0.1) is 0 Å². The summed E-state index contributed by atoms with van der Waals surface area (Å²) >= 11 is 0. The van der Waals surface area contributed by atoms with Crippen LogP contribution in [0.4, 0.5) is 0 Å². The van der Waals surface area contributed by atoms with E-state index in [-0.39, 0.29) is 25.6 Å². The van der Waals surface area contributed by atoms with Crippen molar-refractivity contribution < 1.29 is 28.7 Å². The summed E-state index contributed by atoms with van der Waals surface area (Å²) in [7, 11) is 3.02. The largest absolute Gasteiger partial charge is 0.356 e. The molecule has 0 bridgehead atoms. The first-order valence-electron chi connectivity index (χ1n) is 5.70. The number of methoxy groups -OCH3 is 2. The van der Waals surface area contributed by atoms with Gasteiger partial charge in [-0.1, -0.05) is 0 Å². The lowest BCUT2D eigenvalue weighted by Gasteiger charge is -2.14. The molecule has 0 saturated carbocycles. The number of nitrogens with zero attached hydrogens (tertiary/aromatic N) is 1. The number of hydrogen-bond donors (Lipinski definition) is 0. The number of carbonyl (C=O) groups excluding carboxylic acids is 3. The van der Waals surface area contributed by atoms with E-state index < -0.39 is 17.8 Å². The maximum absolute atomic E-state index is 11.4. The topological polar surface area (TPSA) is 82.1 Å². The molecule has 0 aromatic heterocycles. The minimum atomic E-state index is -0.607. The van der Waals surface area contributed by atoms with Crippen molar-refractivity contribution in [3.8, 4) is 0 Å². The second kappa shape index (κ2) is 7.07. The van der Waals surface area contributed by atoms with Crippen molar-refractivity contribution in [3.05, 3.63) is 0 Å². The first-order valence-corrected chi connectivity index (χ1v) is 5.70. The van der Waals surface area contributed by atoms with Crippen LogP contribution in [-0.2, 0) is 28.7 Å². The smallest absolute Gasteiger partial charge is 0.333 e. The van der Waals surface area contributed by atoms with Gasteiger partial charge in [-0.2, -0.15) is 0 Å². The highest BCUT2D eigenvalue weighted by Crippen LogP contribution is 2.13. The normalized spacial score (nSPS) is 15.6. The van der Waals surface area contributed by atoms with E-state index in [4.69, 9.17) is 14.3 Å². The predicted molar refractivity (Wildman–Crippen MR) is 58.8 cm³/mol. The lowest BCUT2D eigenvalue weighted by molar-refractivity contribution is -0.197. The fourth-order valence-electron chi connectivity index (χ4n) is 1.55. The van der Waals surface area contributed by atoms with Gasteiger partial charge in [0.05, 0.1) is 0 Å². The number of ether oxygens (including phenoxy) is 2. The van der Waals surface area contributed by atoms with Gasteiger partial charge in [0, 0.05) is 33.5 Å². The standard InChI is InChI=1S/C11H17NO6/c1-16-11(17-2)5-3-4-10(15)18-12-8(13)6-7-9(12)14/h11H,3-7H2,1-2H3. The van der Waals surface area contributed by atoms with Gasteiger partial charge in [0.1, 0.15) is 0 Å². The molecule has 0 atom stereocenters. The second-order valence-corrected chi connectivity index (χ2v) is 3.84. The molecule has 1 rings (SSSR count). The van der Waals surface area contributed by atoms with E-state index >= 15 is 0 Å². The summed E-state index contributed by atoms with van der Waals surface area (Å²) in [5.41, 5.74) is 0. The lowest BCUT2D eigenvalue weighted by atomic mass is 10.2. The summed E-state index contributed by atoms with van der Waals surface area (Å²) in [6.07, 6.45) is 0.947. The lowest BCUT2D eigenvalue weighted by Crippen LogP contribution is -2.32. The fourth-order valence-corrected chi connectivity index (χ4v) is 1.55. The molecule has 1 heterocycles. The van der Waals surface area contributed by atoms with E-state index in [1.807, 2.05) is 0 Å². The van der Waals surface area contributed by atoms with Gasteiger partial charge in [-0.15, -0.1) is 5.06 Å². The average Bonchev–Trinajstić information content (AvgIpc) is 2.66. The van der Waals surface area contributed by atoms with E-state index in [0.29, 0.717) is 17.9 Å². The van der Waals surface area contributed by atoms with Crippen LogP contribution in [0.5, 0.6) is 0 Å². The third-order valence-corrected chi connectivity index (χ3v) is 2.55. The molecule has 0 N–H and O–H groups in total. The van der Waals surface area contributed by atoms with Crippen molar-refractivity contribution in [1.82, 2.24) is 5.06 Å². The zero-order chi connectivity index (χ0) is 13.5.